The highest BCUT2D eigenvalue weighted by atomic mass is 16.7. The van der Waals surface area contributed by atoms with E-state index in [0.29, 0.717) is 28.0 Å². The third-order valence-electron chi connectivity index (χ3n) is 7.97. The van der Waals surface area contributed by atoms with Crippen LogP contribution in [0.5, 0.6) is 11.5 Å². The Labute approximate surface area is 249 Å². The lowest BCUT2D eigenvalue weighted by Gasteiger charge is -2.36. The first-order valence-corrected chi connectivity index (χ1v) is 14.8. The lowest BCUT2D eigenvalue weighted by molar-refractivity contribution is -0.123. The summed E-state index contributed by atoms with van der Waals surface area (Å²) < 4.78 is 22.1. The Balaban J connectivity index is 1.57. The van der Waals surface area contributed by atoms with E-state index in [-0.39, 0.29) is 43.1 Å². The van der Waals surface area contributed by atoms with Gasteiger partial charge in [-0.2, -0.15) is 0 Å². The highest BCUT2D eigenvalue weighted by Gasteiger charge is 2.36. The van der Waals surface area contributed by atoms with E-state index in [1.807, 2.05) is 53.4 Å². The van der Waals surface area contributed by atoms with Crippen LogP contribution in [0.15, 0.2) is 82.0 Å². The molecule has 1 amide bonds. The van der Waals surface area contributed by atoms with E-state index >= 15 is 0 Å². The molecule has 43 heavy (non-hydrogen) atoms. The van der Waals surface area contributed by atoms with Crippen LogP contribution >= 0.6 is 0 Å². The van der Waals surface area contributed by atoms with Crippen LogP contribution in [0.1, 0.15) is 66.6 Å². The maximum absolute atomic E-state index is 14.4. The van der Waals surface area contributed by atoms with Gasteiger partial charge in [-0.1, -0.05) is 67.8 Å². The summed E-state index contributed by atoms with van der Waals surface area (Å²) in [6.45, 7) is 2.02. The topological polar surface area (TPSA) is 107 Å². The molecule has 0 radical (unpaired) electrons. The van der Waals surface area contributed by atoms with Crippen LogP contribution in [0.2, 0.25) is 0 Å². The zero-order valence-corrected chi connectivity index (χ0v) is 24.0. The predicted octanol–water partition coefficient (Wildman–Crippen LogP) is 5.90. The second kappa shape index (κ2) is 12.6. The molecule has 1 aliphatic heterocycles. The number of carbonyl (C=O) groups excluding carboxylic acids is 2. The first-order chi connectivity index (χ1) is 21.0. The summed E-state index contributed by atoms with van der Waals surface area (Å²) >= 11 is 0. The van der Waals surface area contributed by atoms with E-state index < -0.39 is 17.6 Å². The van der Waals surface area contributed by atoms with E-state index in [9.17, 15) is 14.4 Å². The summed E-state index contributed by atoms with van der Waals surface area (Å²) in [4.78, 5) is 43.2. The number of carbonyl (C=O) groups is 2. The fourth-order valence-electron chi connectivity index (χ4n) is 5.99. The van der Waals surface area contributed by atoms with E-state index in [1.54, 1.807) is 31.2 Å². The molecule has 0 bridgehead atoms. The minimum absolute atomic E-state index is 0.0435. The number of anilines is 1. The maximum Gasteiger partial charge on any atom is 0.353 e. The second-order valence-corrected chi connectivity index (χ2v) is 10.8. The number of para-hydroxylation sites is 1. The number of nitrogens with zero attached hydrogens (tertiary/aromatic N) is 1. The van der Waals surface area contributed by atoms with Crippen LogP contribution in [-0.4, -0.2) is 31.3 Å². The van der Waals surface area contributed by atoms with Crippen LogP contribution in [-0.2, 0) is 16.1 Å². The average Bonchev–Trinajstić information content (AvgIpc) is 3.49. The Morgan fingerprint density at radius 2 is 1.70 bits per heavy atom. The number of hydrogen-bond donors (Lipinski definition) is 1. The fraction of sp³-hybridized carbons (Fsp3) is 0.324. The molecule has 1 unspecified atom stereocenters. The lowest BCUT2D eigenvalue weighted by atomic mass is 9.94. The average molecular weight is 583 g/mol. The zero-order valence-electron chi connectivity index (χ0n) is 24.0. The number of fused-ring (bicyclic) bond motifs is 2. The van der Waals surface area contributed by atoms with Gasteiger partial charge in [0.1, 0.15) is 11.6 Å². The van der Waals surface area contributed by atoms with E-state index in [4.69, 9.17) is 18.6 Å². The summed E-state index contributed by atoms with van der Waals surface area (Å²) in [7, 11) is 0. The Kier molecular flexibility index (Phi) is 8.31. The molecule has 9 nitrogen and oxygen atoms in total. The fourth-order valence-corrected chi connectivity index (χ4v) is 5.99. The Hall–Kier alpha value is -4.79. The van der Waals surface area contributed by atoms with Gasteiger partial charge in [0, 0.05) is 18.0 Å². The number of hydrogen-bond acceptors (Lipinski definition) is 8. The zero-order chi connectivity index (χ0) is 29.8. The predicted molar refractivity (Wildman–Crippen MR) is 161 cm³/mol. The molecule has 3 aromatic carbocycles. The van der Waals surface area contributed by atoms with Crippen molar-refractivity contribution >= 4 is 28.5 Å². The van der Waals surface area contributed by atoms with Gasteiger partial charge in [-0.05, 0) is 55.2 Å². The molecule has 2 heterocycles. The summed E-state index contributed by atoms with van der Waals surface area (Å²) in [5.74, 6) is 0.185. The van der Waals surface area contributed by atoms with Crippen LogP contribution < -0.4 is 25.3 Å². The number of benzene rings is 3. The lowest BCUT2D eigenvalue weighted by Crippen LogP contribution is -2.46. The molecule has 6 rings (SSSR count). The molecule has 1 fully saturated rings. The van der Waals surface area contributed by atoms with Gasteiger partial charge in [0.15, 0.2) is 17.1 Å². The monoisotopic (exact) mass is 582 g/mol. The molecule has 1 aromatic heterocycles. The molecule has 2 aliphatic rings. The molecular formula is C34H34N2O7. The summed E-state index contributed by atoms with van der Waals surface area (Å²) in [5.41, 5.74) is 0.989. The molecule has 9 heteroatoms. The van der Waals surface area contributed by atoms with Gasteiger partial charge in [-0.15, -0.1) is 0 Å². The molecule has 1 atom stereocenters. The van der Waals surface area contributed by atoms with Gasteiger partial charge in [-0.3, -0.25) is 4.79 Å². The minimum Gasteiger partial charge on any atom is -0.462 e. The van der Waals surface area contributed by atoms with Crippen molar-refractivity contribution in [3.63, 3.8) is 0 Å². The number of ether oxygens (including phenoxy) is 3. The highest BCUT2D eigenvalue weighted by Crippen LogP contribution is 2.39. The van der Waals surface area contributed by atoms with Crippen molar-refractivity contribution in [2.75, 3.05) is 18.3 Å². The normalized spacial score (nSPS) is 15.2. The van der Waals surface area contributed by atoms with Crippen molar-refractivity contribution in [2.24, 2.45) is 0 Å². The minimum atomic E-state index is -0.896. The molecule has 4 aromatic rings. The summed E-state index contributed by atoms with van der Waals surface area (Å²) in [5, 5.41) is 3.80. The van der Waals surface area contributed by atoms with Crippen LogP contribution in [0.25, 0.3) is 11.0 Å². The Morgan fingerprint density at radius 1 is 0.953 bits per heavy atom. The number of esters is 1. The van der Waals surface area contributed by atoms with E-state index in [2.05, 4.69) is 5.32 Å². The molecule has 0 saturated heterocycles. The number of amides is 1. The SMILES string of the molecule is CCOC(=O)c1c(N(Cc2ccc3c(c2)OCO3)C(C(=O)NC2CCCCC2)c2ccccc2)c2ccccc2oc1=O. The molecule has 222 valence electrons. The third-order valence-corrected chi connectivity index (χ3v) is 7.97. The maximum atomic E-state index is 14.4. The van der Waals surface area contributed by atoms with Crippen LogP contribution in [0, 0.1) is 0 Å². The highest BCUT2D eigenvalue weighted by molar-refractivity contribution is 6.05. The van der Waals surface area contributed by atoms with Gasteiger partial charge in [0.05, 0.1) is 12.3 Å². The number of nitrogens with one attached hydrogen (secondary N) is 1. The largest absolute Gasteiger partial charge is 0.462 e. The van der Waals surface area contributed by atoms with Crippen molar-refractivity contribution < 1.29 is 28.2 Å². The second-order valence-electron chi connectivity index (χ2n) is 10.8. The molecular weight excluding hydrogens is 548 g/mol. The van der Waals surface area contributed by atoms with Crippen molar-refractivity contribution in [1.82, 2.24) is 5.32 Å². The molecule has 1 aliphatic carbocycles. The van der Waals surface area contributed by atoms with Crippen LogP contribution in [0.3, 0.4) is 0 Å². The van der Waals surface area contributed by atoms with Crippen molar-refractivity contribution in [3.05, 3.63) is 99.9 Å². The van der Waals surface area contributed by atoms with E-state index in [0.717, 1.165) is 37.7 Å². The van der Waals surface area contributed by atoms with Crippen molar-refractivity contribution in [3.8, 4) is 11.5 Å². The van der Waals surface area contributed by atoms with Crippen molar-refractivity contribution in [1.29, 1.82) is 0 Å². The van der Waals surface area contributed by atoms with Crippen molar-refractivity contribution in [2.45, 2.75) is 57.7 Å². The summed E-state index contributed by atoms with van der Waals surface area (Å²) in [6, 6.07) is 21.1. The third kappa shape index (κ3) is 5.93. The molecule has 1 N–H and O–H groups in total. The molecule has 1 saturated carbocycles. The smallest absolute Gasteiger partial charge is 0.353 e. The van der Waals surface area contributed by atoms with Gasteiger partial charge in [0.2, 0.25) is 12.7 Å². The Morgan fingerprint density at radius 3 is 2.49 bits per heavy atom. The number of rotatable bonds is 9. The van der Waals surface area contributed by atoms with Crippen LogP contribution in [0.4, 0.5) is 5.69 Å². The van der Waals surface area contributed by atoms with Gasteiger partial charge < -0.3 is 28.8 Å². The quantitative estimate of drug-likeness (QED) is 0.192. The molecule has 0 spiro atoms. The van der Waals surface area contributed by atoms with Gasteiger partial charge in [0.25, 0.3) is 0 Å². The van der Waals surface area contributed by atoms with Gasteiger partial charge in [-0.25, -0.2) is 9.59 Å². The Bertz CT molecular complexity index is 1680. The first-order valence-electron chi connectivity index (χ1n) is 14.8. The van der Waals surface area contributed by atoms with Gasteiger partial charge >= 0.3 is 11.6 Å². The first kappa shape index (κ1) is 28.3. The van der Waals surface area contributed by atoms with E-state index in [1.165, 1.54) is 0 Å². The standard InChI is InChI=1S/C34H34N2O7/c1-2-40-33(38)29-31(25-15-9-10-16-26(25)43-34(29)39)36(20-22-17-18-27-28(19-22)42-21-41-27)30(23-11-5-3-6-12-23)32(37)35-24-13-7-4-8-14-24/h3,5-6,9-12,15-19,24,30H,2,4,7-8,13-14,20-21H2,1H3,(H,35,37). The summed E-state index contributed by atoms with van der Waals surface area (Å²) in [6.07, 6.45) is 5.07.